The van der Waals surface area contributed by atoms with Crippen molar-refractivity contribution >= 4 is 5.91 Å². The Hall–Kier alpha value is -2.33. The second kappa shape index (κ2) is 7.45. The lowest BCUT2D eigenvalue weighted by atomic mass is 10.1. The fourth-order valence-electron chi connectivity index (χ4n) is 2.10. The molecule has 4 nitrogen and oxygen atoms in total. The van der Waals surface area contributed by atoms with E-state index in [1.54, 1.807) is 13.2 Å². The smallest absolute Gasteiger partial charge is 0.251 e. The van der Waals surface area contributed by atoms with E-state index in [0.29, 0.717) is 18.7 Å². The number of rotatable bonds is 6. The molecule has 2 rings (SSSR count). The normalized spacial score (nSPS) is 10.2. The molecule has 0 saturated carbocycles. The van der Waals surface area contributed by atoms with E-state index in [1.807, 2.05) is 42.5 Å². The molecule has 21 heavy (non-hydrogen) atoms. The molecular formula is C17H20N2O2. The van der Waals surface area contributed by atoms with Crippen LogP contribution in [0.4, 0.5) is 0 Å². The Balaban J connectivity index is 1.99. The lowest BCUT2D eigenvalue weighted by molar-refractivity contribution is 0.0950. The first-order valence-corrected chi connectivity index (χ1v) is 6.93. The van der Waals surface area contributed by atoms with Gasteiger partial charge in [0, 0.05) is 12.1 Å². The van der Waals surface area contributed by atoms with Crippen LogP contribution in [-0.4, -0.2) is 19.6 Å². The van der Waals surface area contributed by atoms with E-state index in [2.05, 4.69) is 5.32 Å². The lowest BCUT2D eigenvalue weighted by Crippen LogP contribution is -2.23. The third-order valence-electron chi connectivity index (χ3n) is 3.21. The minimum Gasteiger partial charge on any atom is -0.497 e. The molecule has 0 radical (unpaired) electrons. The van der Waals surface area contributed by atoms with Crippen LogP contribution in [0, 0.1) is 0 Å². The molecule has 0 spiro atoms. The molecule has 0 fully saturated rings. The van der Waals surface area contributed by atoms with Crippen molar-refractivity contribution in [2.75, 3.05) is 13.7 Å². The van der Waals surface area contributed by atoms with Gasteiger partial charge in [0.2, 0.25) is 0 Å². The number of benzene rings is 2. The topological polar surface area (TPSA) is 64.3 Å². The van der Waals surface area contributed by atoms with Crippen LogP contribution in [-0.2, 0) is 13.0 Å². The Bertz CT molecular complexity index is 611. The van der Waals surface area contributed by atoms with Gasteiger partial charge >= 0.3 is 0 Å². The van der Waals surface area contributed by atoms with E-state index in [0.717, 1.165) is 23.3 Å². The van der Waals surface area contributed by atoms with Crippen LogP contribution in [0.25, 0.3) is 0 Å². The first-order valence-electron chi connectivity index (χ1n) is 6.93. The Morgan fingerprint density at radius 2 is 1.90 bits per heavy atom. The molecule has 0 atom stereocenters. The molecular weight excluding hydrogens is 264 g/mol. The van der Waals surface area contributed by atoms with Crippen molar-refractivity contribution in [3.8, 4) is 5.75 Å². The monoisotopic (exact) mass is 284 g/mol. The highest BCUT2D eigenvalue weighted by molar-refractivity contribution is 5.94. The number of hydrogen-bond acceptors (Lipinski definition) is 3. The van der Waals surface area contributed by atoms with Gasteiger partial charge in [0.15, 0.2) is 0 Å². The molecule has 0 aliphatic heterocycles. The summed E-state index contributed by atoms with van der Waals surface area (Å²) >= 11 is 0. The van der Waals surface area contributed by atoms with Crippen molar-refractivity contribution in [3.05, 3.63) is 65.2 Å². The molecule has 0 heterocycles. The predicted molar refractivity (Wildman–Crippen MR) is 83.4 cm³/mol. The van der Waals surface area contributed by atoms with Crippen molar-refractivity contribution in [3.63, 3.8) is 0 Å². The highest BCUT2D eigenvalue weighted by Gasteiger charge is 2.06. The predicted octanol–water partition coefficient (Wildman–Crippen LogP) is 2.13. The number of amides is 1. The molecule has 2 aromatic carbocycles. The van der Waals surface area contributed by atoms with Crippen molar-refractivity contribution < 1.29 is 9.53 Å². The summed E-state index contributed by atoms with van der Waals surface area (Å²) in [7, 11) is 1.63. The fourth-order valence-corrected chi connectivity index (χ4v) is 2.10. The molecule has 3 N–H and O–H groups in total. The minimum absolute atomic E-state index is 0.0864. The molecule has 0 bridgehead atoms. The van der Waals surface area contributed by atoms with Crippen LogP contribution in [0.2, 0.25) is 0 Å². The van der Waals surface area contributed by atoms with Gasteiger partial charge in [0.1, 0.15) is 5.75 Å². The summed E-state index contributed by atoms with van der Waals surface area (Å²) in [5.41, 5.74) is 8.27. The van der Waals surface area contributed by atoms with Gasteiger partial charge in [-0.1, -0.05) is 24.3 Å². The van der Waals surface area contributed by atoms with Crippen LogP contribution in [0.5, 0.6) is 5.75 Å². The van der Waals surface area contributed by atoms with E-state index in [4.69, 9.17) is 10.5 Å². The summed E-state index contributed by atoms with van der Waals surface area (Å²) in [5.74, 6) is 0.698. The number of nitrogens with one attached hydrogen (secondary N) is 1. The fraction of sp³-hybridized carbons (Fsp3) is 0.235. The molecule has 0 aliphatic carbocycles. The van der Waals surface area contributed by atoms with Crippen LogP contribution in [0.15, 0.2) is 48.5 Å². The number of hydrogen-bond donors (Lipinski definition) is 2. The van der Waals surface area contributed by atoms with E-state index in [1.165, 1.54) is 0 Å². The summed E-state index contributed by atoms with van der Waals surface area (Å²) in [5, 5.41) is 2.91. The first kappa shape index (κ1) is 15.1. The zero-order valence-electron chi connectivity index (χ0n) is 12.1. The maximum atomic E-state index is 12.2. The molecule has 0 unspecified atom stereocenters. The summed E-state index contributed by atoms with van der Waals surface area (Å²) in [4.78, 5) is 12.2. The average molecular weight is 284 g/mol. The van der Waals surface area contributed by atoms with Gasteiger partial charge in [0.25, 0.3) is 5.91 Å². The zero-order chi connectivity index (χ0) is 15.1. The van der Waals surface area contributed by atoms with E-state index >= 15 is 0 Å². The third-order valence-corrected chi connectivity index (χ3v) is 3.21. The number of carbonyl (C=O) groups is 1. The first-order chi connectivity index (χ1) is 10.2. The van der Waals surface area contributed by atoms with Gasteiger partial charge < -0.3 is 15.8 Å². The Morgan fingerprint density at radius 3 is 2.67 bits per heavy atom. The molecule has 4 heteroatoms. The van der Waals surface area contributed by atoms with Gasteiger partial charge in [-0.05, 0) is 48.4 Å². The van der Waals surface area contributed by atoms with E-state index in [-0.39, 0.29) is 5.91 Å². The molecule has 0 aromatic heterocycles. The summed E-state index contributed by atoms with van der Waals surface area (Å²) in [6.07, 6.45) is 0.775. The maximum absolute atomic E-state index is 12.2. The Morgan fingerprint density at radius 1 is 1.14 bits per heavy atom. The average Bonchev–Trinajstić information content (AvgIpc) is 2.53. The Labute approximate surface area is 124 Å². The molecule has 0 saturated heterocycles. The molecule has 2 aromatic rings. The van der Waals surface area contributed by atoms with Gasteiger partial charge in [-0.25, -0.2) is 0 Å². The van der Waals surface area contributed by atoms with Crippen LogP contribution in [0.1, 0.15) is 21.5 Å². The van der Waals surface area contributed by atoms with Crippen molar-refractivity contribution in [2.45, 2.75) is 13.0 Å². The standard InChI is InChI=1S/C17H20N2O2/c1-21-16-7-3-5-14(11-16)12-19-17(20)15-6-2-4-13(10-15)8-9-18/h2-7,10-11H,8-9,12,18H2,1H3,(H,19,20). The summed E-state index contributed by atoms with van der Waals surface area (Å²) < 4.78 is 5.16. The van der Waals surface area contributed by atoms with Gasteiger partial charge in [-0.2, -0.15) is 0 Å². The summed E-state index contributed by atoms with van der Waals surface area (Å²) in [6, 6.07) is 15.2. The molecule has 110 valence electrons. The second-order valence-corrected chi connectivity index (χ2v) is 4.77. The largest absolute Gasteiger partial charge is 0.497 e. The zero-order valence-corrected chi connectivity index (χ0v) is 12.1. The number of ether oxygens (including phenoxy) is 1. The molecule has 1 amide bonds. The van der Waals surface area contributed by atoms with Gasteiger partial charge in [-0.3, -0.25) is 4.79 Å². The maximum Gasteiger partial charge on any atom is 0.251 e. The Kier molecular flexibility index (Phi) is 5.35. The van der Waals surface area contributed by atoms with Crippen LogP contribution < -0.4 is 15.8 Å². The quantitative estimate of drug-likeness (QED) is 0.854. The molecule has 0 aliphatic rings. The number of nitrogens with two attached hydrogens (primary N) is 1. The van der Waals surface area contributed by atoms with Crippen molar-refractivity contribution in [1.29, 1.82) is 0 Å². The van der Waals surface area contributed by atoms with E-state index < -0.39 is 0 Å². The second-order valence-electron chi connectivity index (χ2n) is 4.77. The SMILES string of the molecule is COc1cccc(CNC(=O)c2cccc(CCN)c2)c1. The van der Waals surface area contributed by atoms with Crippen molar-refractivity contribution in [2.24, 2.45) is 5.73 Å². The van der Waals surface area contributed by atoms with Crippen molar-refractivity contribution in [1.82, 2.24) is 5.32 Å². The minimum atomic E-state index is -0.0864. The highest BCUT2D eigenvalue weighted by atomic mass is 16.5. The van der Waals surface area contributed by atoms with E-state index in [9.17, 15) is 4.79 Å². The number of carbonyl (C=O) groups excluding carboxylic acids is 1. The lowest BCUT2D eigenvalue weighted by Gasteiger charge is -2.08. The van der Waals surface area contributed by atoms with Crippen LogP contribution >= 0.6 is 0 Å². The van der Waals surface area contributed by atoms with Crippen LogP contribution in [0.3, 0.4) is 0 Å². The third kappa shape index (κ3) is 4.33. The summed E-state index contributed by atoms with van der Waals surface area (Å²) in [6.45, 7) is 1.05. The van der Waals surface area contributed by atoms with Gasteiger partial charge in [0.05, 0.1) is 7.11 Å². The van der Waals surface area contributed by atoms with Gasteiger partial charge in [-0.15, -0.1) is 0 Å². The number of methoxy groups -OCH3 is 1. The highest BCUT2D eigenvalue weighted by Crippen LogP contribution is 2.12.